The van der Waals surface area contributed by atoms with E-state index in [1.54, 1.807) is 4.68 Å². The Labute approximate surface area is 132 Å². The van der Waals surface area contributed by atoms with E-state index in [0.717, 1.165) is 12.5 Å². The molecule has 11 heteroatoms. The Morgan fingerprint density at radius 1 is 1.12 bits per heavy atom. The van der Waals surface area contributed by atoms with E-state index in [2.05, 4.69) is 9.28 Å². The monoisotopic (exact) mass is 368 g/mol. The molecule has 0 atom stereocenters. The average Bonchev–Trinajstić information content (AvgIpc) is 3.06. The molecular formula is C13H9F5N2O3S. The molecule has 0 unspecified atom stereocenters. The van der Waals surface area contributed by atoms with E-state index in [-0.39, 0.29) is 5.56 Å². The molecule has 0 radical (unpaired) electrons. The normalized spacial score (nSPS) is 14.7. The van der Waals surface area contributed by atoms with Crippen molar-refractivity contribution in [1.29, 1.82) is 0 Å². The van der Waals surface area contributed by atoms with Crippen molar-refractivity contribution in [2.75, 3.05) is 0 Å². The van der Waals surface area contributed by atoms with Crippen LogP contribution in [0.5, 0.6) is 5.75 Å². The average molecular weight is 368 g/mol. The van der Waals surface area contributed by atoms with Gasteiger partial charge in [0.2, 0.25) is 5.82 Å². The van der Waals surface area contributed by atoms with E-state index in [4.69, 9.17) is 0 Å². The predicted molar refractivity (Wildman–Crippen MR) is 71.5 cm³/mol. The second kappa shape index (κ2) is 5.43. The lowest BCUT2D eigenvalue weighted by atomic mass is 10.0. The van der Waals surface area contributed by atoms with Crippen molar-refractivity contribution in [2.24, 2.45) is 0 Å². The number of alkyl halides is 3. The van der Waals surface area contributed by atoms with Crippen LogP contribution in [-0.4, -0.2) is 23.7 Å². The fourth-order valence-corrected chi connectivity index (χ4v) is 2.92. The summed E-state index contributed by atoms with van der Waals surface area (Å²) in [5.74, 6) is -4.69. The molecule has 2 aromatic rings. The molecule has 0 aliphatic carbocycles. The first kappa shape index (κ1) is 16.7. The smallest absolute Gasteiger partial charge is 0.373 e. The number of hydrogen-bond donors (Lipinski definition) is 0. The molecule has 3 rings (SSSR count). The Hall–Kier alpha value is -2.17. The number of fused-ring (bicyclic) bond motifs is 1. The molecule has 130 valence electrons. The third-order valence-electron chi connectivity index (χ3n) is 3.55. The van der Waals surface area contributed by atoms with Crippen LogP contribution in [0.4, 0.5) is 22.0 Å². The van der Waals surface area contributed by atoms with Crippen molar-refractivity contribution in [2.45, 2.75) is 24.9 Å². The number of rotatable bonds is 3. The second-order valence-corrected chi connectivity index (χ2v) is 6.59. The van der Waals surface area contributed by atoms with Gasteiger partial charge in [0.05, 0.1) is 6.20 Å². The Balaban J connectivity index is 2.01. The number of aryl methyl sites for hydroxylation is 1. The topological polar surface area (TPSA) is 61.2 Å². The van der Waals surface area contributed by atoms with Crippen LogP contribution in [-0.2, 0) is 23.1 Å². The van der Waals surface area contributed by atoms with E-state index in [0.29, 0.717) is 30.3 Å². The van der Waals surface area contributed by atoms with E-state index in [1.165, 1.54) is 6.20 Å². The van der Waals surface area contributed by atoms with Crippen LogP contribution in [0.3, 0.4) is 0 Å². The summed E-state index contributed by atoms with van der Waals surface area (Å²) in [7, 11) is -6.09. The molecule has 5 nitrogen and oxygen atoms in total. The summed E-state index contributed by atoms with van der Waals surface area (Å²) >= 11 is 0. The first-order chi connectivity index (χ1) is 11.1. The van der Waals surface area contributed by atoms with Crippen molar-refractivity contribution in [3.8, 4) is 16.9 Å². The van der Waals surface area contributed by atoms with Gasteiger partial charge >= 0.3 is 15.6 Å². The summed E-state index contributed by atoms with van der Waals surface area (Å²) in [4.78, 5) is 0. The summed E-state index contributed by atoms with van der Waals surface area (Å²) in [5.41, 5.74) is -5.01. The van der Waals surface area contributed by atoms with Gasteiger partial charge in [0.15, 0.2) is 11.6 Å². The Morgan fingerprint density at radius 3 is 2.50 bits per heavy atom. The van der Waals surface area contributed by atoms with Crippen LogP contribution in [0.25, 0.3) is 11.1 Å². The summed E-state index contributed by atoms with van der Waals surface area (Å²) < 4.78 is 92.0. The largest absolute Gasteiger partial charge is 0.534 e. The zero-order valence-corrected chi connectivity index (χ0v) is 12.6. The standard InChI is InChI=1S/C13H9F5N2O3S/c14-11-7(8-6-19-20-5-1-2-9(8)20)3-4-10(12(11)15)23-24(21,22)13(16,17)18/h3-4,6H,1-2,5H2. The van der Waals surface area contributed by atoms with Crippen LogP contribution in [0, 0.1) is 11.6 Å². The fraction of sp³-hybridized carbons (Fsp3) is 0.308. The van der Waals surface area contributed by atoms with Crippen molar-refractivity contribution in [3.63, 3.8) is 0 Å². The van der Waals surface area contributed by atoms with Gasteiger partial charge in [0.25, 0.3) is 0 Å². The SMILES string of the molecule is O=S(=O)(Oc1ccc(-c2cnn3c2CCC3)c(F)c1F)C(F)(F)F. The predicted octanol–water partition coefficient (Wildman–Crippen LogP) is 3.00. The van der Waals surface area contributed by atoms with Gasteiger partial charge in [0, 0.05) is 23.4 Å². The maximum atomic E-state index is 14.2. The molecule has 0 saturated heterocycles. The molecule has 1 aromatic carbocycles. The first-order valence-electron chi connectivity index (χ1n) is 6.65. The number of hydrogen-bond acceptors (Lipinski definition) is 4. The van der Waals surface area contributed by atoms with E-state index in [1.807, 2.05) is 0 Å². The van der Waals surface area contributed by atoms with Crippen LogP contribution >= 0.6 is 0 Å². The second-order valence-electron chi connectivity index (χ2n) is 5.05. The minimum Gasteiger partial charge on any atom is -0.373 e. The van der Waals surface area contributed by atoms with Crippen molar-refractivity contribution in [3.05, 3.63) is 35.7 Å². The maximum Gasteiger partial charge on any atom is 0.534 e. The number of aromatic nitrogens is 2. The molecule has 0 saturated carbocycles. The number of halogens is 5. The van der Waals surface area contributed by atoms with E-state index < -0.39 is 33.0 Å². The molecule has 0 fully saturated rings. The highest BCUT2D eigenvalue weighted by atomic mass is 32.2. The quantitative estimate of drug-likeness (QED) is 0.475. The molecule has 1 aliphatic rings. The number of benzene rings is 1. The van der Waals surface area contributed by atoms with Gasteiger partial charge in [-0.3, -0.25) is 4.68 Å². The minimum atomic E-state index is -6.09. The highest BCUT2D eigenvalue weighted by Gasteiger charge is 2.49. The highest BCUT2D eigenvalue weighted by molar-refractivity contribution is 7.88. The van der Waals surface area contributed by atoms with Gasteiger partial charge in [-0.1, -0.05) is 0 Å². The minimum absolute atomic E-state index is 0.229. The lowest BCUT2D eigenvalue weighted by Crippen LogP contribution is -2.28. The first-order valence-corrected chi connectivity index (χ1v) is 8.06. The highest BCUT2D eigenvalue weighted by Crippen LogP contribution is 2.35. The molecule has 0 bridgehead atoms. The molecule has 24 heavy (non-hydrogen) atoms. The lowest BCUT2D eigenvalue weighted by Gasteiger charge is -2.11. The molecular weight excluding hydrogens is 359 g/mol. The van der Waals surface area contributed by atoms with Crippen LogP contribution in [0.15, 0.2) is 18.3 Å². The summed E-state index contributed by atoms with van der Waals surface area (Å²) in [6, 6.07) is 1.59. The molecule has 1 aromatic heterocycles. The van der Waals surface area contributed by atoms with Crippen molar-refractivity contribution >= 4 is 10.1 Å². The van der Waals surface area contributed by atoms with Crippen LogP contribution in [0.1, 0.15) is 12.1 Å². The zero-order valence-electron chi connectivity index (χ0n) is 11.8. The van der Waals surface area contributed by atoms with Crippen molar-refractivity contribution in [1.82, 2.24) is 9.78 Å². The molecule has 1 aliphatic heterocycles. The third kappa shape index (κ3) is 2.62. The van der Waals surface area contributed by atoms with E-state index >= 15 is 0 Å². The van der Waals surface area contributed by atoms with Gasteiger partial charge in [0.1, 0.15) is 0 Å². The van der Waals surface area contributed by atoms with Gasteiger partial charge in [-0.25, -0.2) is 4.39 Å². The van der Waals surface area contributed by atoms with Gasteiger partial charge in [-0.15, -0.1) is 0 Å². The van der Waals surface area contributed by atoms with Crippen LogP contribution < -0.4 is 4.18 Å². The Bertz CT molecular complexity index is 905. The molecule has 0 spiro atoms. The van der Waals surface area contributed by atoms with Gasteiger partial charge < -0.3 is 4.18 Å². The Kier molecular flexibility index (Phi) is 3.78. The maximum absolute atomic E-state index is 14.2. The number of nitrogens with zero attached hydrogens (tertiary/aromatic N) is 2. The molecule has 0 N–H and O–H groups in total. The molecule has 0 amide bonds. The van der Waals surface area contributed by atoms with E-state index in [9.17, 15) is 30.4 Å². The van der Waals surface area contributed by atoms with Gasteiger partial charge in [-0.2, -0.15) is 31.1 Å². The summed E-state index contributed by atoms with van der Waals surface area (Å²) in [6.07, 6.45) is 2.70. The zero-order chi connectivity index (χ0) is 17.7. The van der Waals surface area contributed by atoms with Gasteiger partial charge in [-0.05, 0) is 25.0 Å². The lowest BCUT2D eigenvalue weighted by molar-refractivity contribution is -0.0501. The third-order valence-corrected chi connectivity index (χ3v) is 4.52. The molecule has 2 heterocycles. The Morgan fingerprint density at radius 2 is 1.83 bits per heavy atom. The fourth-order valence-electron chi connectivity index (χ4n) is 2.46. The summed E-state index contributed by atoms with van der Waals surface area (Å²) in [6.45, 7) is 0.629. The summed E-state index contributed by atoms with van der Waals surface area (Å²) in [5, 5.41) is 4.01. The van der Waals surface area contributed by atoms with Crippen LogP contribution in [0.2, 0.25) is 0 Å². The van der Waals surface area contributed by atoms with Crippen molar-refractivity contribution < 1.29 is 34.6 Å².